The minimum absolute atomic E-state index is 0.181. The van der Waals surface area contributed by atoms with Crippen molar-refractivity contribution in [3.63, 3.8) is 0 Å². The van der Waals surface area contributed by atoms with E-state index in [1.807, 2.05) is 20.8 Å². The van der Waals surface area contributed by atoms with Crippen molar-refractivity contribution in [3.8, 4) is 0 Å². The Morgan fingerprint density at radius 3 is 2.04 bits per heavy atom. The summed E-state index contributed by atoms with van der Waals surface area (Å²) in [6, 6.07) is 6.14. The van der Waals surface area contributed by atoms with Crippen LogP contribution in [-0.2, 0) is 14.8 Å². The zero-order valence-corrected chi connectivity index (χ0v) is 16.5. The molecule has 1 N–H and O–H groups in total. The van der Waals surface area contributed by atoms with E-state index in [0.717, 1.165) is 17.0 Å². The van der Waals surface area contributed by atoms with E-state index in [4.69, 9.17) is 0 Å². The van der Waals surface area contributed by atoms with Crippen LogP contribution in [0.15, 0.2) is 24.3 Å². The number of nitrogens with zero attached hydrogens (tertiary/aromatic N) is 2. The van der Waals surface area contributed by atoms with Gasteiger partial charge in [-0.15, -0.1) is 0 Å². The number of carbonyl (C=O) groups is 2. The molecule has 0 saturated heterocycles. The van der Waals surface area contributed by atoms with Gasteiger partial charge in [0.1, 0.15) is 6.54 Å². The van der Waals surface area contributed by atoms with Crippen molar-refractivity contribution in [1.82, 2.24) is 10.2 Å². The van der Waals surface area contributed by atoms with Crippen molar-refractivity contribution in [2.45, 2.75) is 32.7 Å². The van der Waals surface area contributed by atoms with Crippen LogP contribution in [0, 0.1) is 0 Å². The van der Waals surface area contributed by atoms with Crippen LogP contribution < -0.4 is 9.62 Å². The van der Waals surface area contributed by atoms with Crippen LogP contribution in [0.3, 0.4) is 0 Å². The van der Waals surface area contributed by atoms with Crippen molar-refractivity contribution in [1.29, 1.82) is 0 Å². The van der Waals surface area contributed by atoms with Gasteiger partial charge in [0, 0.05) is 25.2 Å². The van der Waals surface area contributed by atoms with E-state index in [9.17, 15) is 18.0 Å². The van der Waals surface area contributed by atoms with Gasteiger partial charge in [0.15, 0.2) is 0 Å². The molecule has 1 aromatic carbocycles. The standard InChI is InChI=1S/C17H27N3O4S/c1-7-17(2,3)18-15(21)12-20(25(6,23)24)14-10-8-13(9-11-14)16(22)19(4)5/h8-11H,7,12H2,1-6H3,(H,18,21). The molecule has 2 amide bonds. The van der Waals surface area contributed by atoms with Crippen molar-refractivity contribution < 1.29 is 18.0 Å². The monoisotopic (exact) mass is 369 g/mol. The lowest BCUT2D eigenvalue weighted by molar-refractivity contribution is -0.121. The fourth-order valence-electron chi connectivity index (χ4n) is 2.06. The van der Waals surface area contributed by atoms with Crippen LogP contribution in [-0.4, -0.2) is 57.6 Å². The van der Waals surface area contributed by atoms with E-state index in [0.29, 0.717) is 11.3 Å². The first-order chi connectivity index (χ1) is 11.4. The molecule has 1 aromatic rings. The number of hydrogen-bond acceptors (Lipinski definition) is 4. The Kier molecular flexibility index (Phi) is 6.59. The molecule has 0 aliphatic rings. The average molecular weight is 369 g/mol. The van der Waals surface area contributed by atoms with E-state index in [-0.39, 0.29) is 18.4 Å². The van der Waals surface area contributed by atoms with E-state index in [2.05, 4.69) is 5.32 Å². The van der Waals surface area contributed by atoms with Crippen LogP contribution in [0.25, 0.3) is 0 Å². The molecule has 0 fully saturated rings. The van der Waals surface area contributed by atoms with Gasteiger partial charge >= 0.3 is 0 Å². The summed E-state index contributed by atoms with van der Waals surface area (Å²) in [7, 11) is -0.372. The van der Waals surface area contributed by atoms with Gasteiger partial charge in [-0.25, -0.2) is 8.42 Å². The molecule has 7 nitrogen and oxygen atoms in total. The highest BCUT2D eigenvalue weighted by Crippen LogP contribution is 2.19. The molecular formula is C17H27N3O4S. The molecule has 0 bridgehead atoms. The van der Waals surface area contributed by atoms with E-state index >= 15 is 0 Å². The third kappa shape index (κ3) is 6.04. The third-order valence-corrected chi connectivity index (χ3v) is 5.00. The maximum Gasteiger partial charge on any atom is 0.253 e. The number of hydrogen-bond donors (Lipinski definition) is 1. The SMILES string of the molecule is CCC(C)(C)NC(=O)CN(c1ccc(C(=O)N(C)C)cc1)S(C)(=O)=O. The molecule has 0 unspecified atom stereocenters. The fraction of sp³-hybridized carbons (Fsp3) is 0.529. The number of amides is 2. The molecule has 140 valence electrons. The number of nitrogens with one attached hydrogen (secondary N) is 1. The maximum absolute atomic E-state index is 12.2. The molecule has 25 heavy (non-hydrogen) atoms. The second-order valence-electron chi connectivity index (χ2n) is 6.80. The summed E-state index contributed by atoms with van der Waals surface area (Å²) in [5, 5.41) is 2.82. The van der Waals surface area contributed by atoms with Gasteiger partial charge in [-0.05, 0) is 44.5 Å². The minimum atomic E-state index is -3.65. The largest absolute Gasteiger partial charge is 0.350 e. The third-order valence-electron chi connectivity index (χ3n) is 3.86. The van der Waals surface area contributed by atoms with Gasteiger partial charge < -0.3 is 10.2 Å². The Labute approximate surface area is 150 Å². The molecule has 0 aliphatic carbocycles. The van der Waals surface area contributed by atoms with E-state index in [1.165, 1.54) is 17.0 Å². The zero-order chi connectivity index (χ0) is 19.4. The van der Waals surface area contributed by atoms with Crippen molar-refractivity contribution in [2.24, 2.45) is 0 Å². The predicted molar refractivity (Wildman–Crippen MR) is 99.2 cm³/mol. The van der Waals surface area contributed by atoms with Crippen LogP contribution >= 0.6 is 0 Å². The molecule has 0 aliphatic heterocycles. The van der Waals surface area contributed by atoms with Crippen molar-refractivity contribution >= 4 is 27.5 Å². The summed E-state index contributed by atoms with van der Waals surface area (Å²) in [5.74, 6) is -0.564. The van der Waals surface area contributed by atoms with Gasteiger partial charge in [-0.2, -0.15) is 0 Å². The summed E-state index contributed by atoms with van der Waals surface area (Å²) < 4.78 is 25.2. The molecule has 1 rings (SSSR count). The molecule has 0 spiro atoms. The zero-order valence-electron chi connectivity index (χ0n) is 15.7. The quantitative estimate of drug-likeness (QED) is 0.788. The first-order valence-electron chi connectivity index (χ1n) is 7.98. The summed E-state index contributed by atoms with van der Waals surface area (Å²) >= 11 is 0. The summed E-state index contributed by atoms with van der Waals surface area (Å²) in [4.78, 5) is 25.6. The molecule has 0 radical (unpaired) electrons. The Balaban J connectivity index is 3.05. The highest BCUT2D eigenvalue weighted by Gasteiger charge is 2.24. The molecular weight excluding hydrogens is 342 g/mol. The number of benzene rings is 1. The molecule has 0 heterocycles. The fourth-order valence-corrected chi connectivity index (χ4v) is 2.92. The summed E-state index contributed by atoms with van der Waals surface area (Å²) in [6.07, 6.45) is 1.77. The number of sulfonamides is 1. The number of carbonyl (C=O) groups excluding carboxylic acids is 2. The smallest absolute Gasteiger partial charge is 0.253 e. The van der Waals surface area contributed by atoms with E-state index < -0.39 is 15.6 Å². The normalized spacial score (nSPS) is 11.8. The molecule has 0 saturated carbocycles. The topological polar surface area (TPSA) is 86.8 Å². The molecule has 0 atom stereocenters. The minimum Gasteiger partial charge on any atom is -0.350 e. The van der Waals surface area contributed by atoms with Gasteiger partial charge in [0.25, 0.3) is 5.91 Å². The lowest BCUT2D eigenvalue weighted by Gasteiger charge is -2.27. The highest BCUT2D eigenvalue weighted by molar-refractivity contribution is 7.92. The van der Waals surface area contributed by atoms with Gasteiger partial charge in [-0.3, -0.25) is 13.9 Å². The molecule has 0 aromatic heterocycles. The lowest BCUT2D eigenvalue weighted by Crippen LogP contribution is -2.48. The number of anilines is 1. The van der Waals surface area contributed by atoms with Crippen LogP contribution in [0.1, 0.15) is 37.6 Å². The second-order valence-corrected chi connectivity index (χ2v) is 8.71. The Morgan fingerprint density at radius 2 is 1.64 bits per heavy atom. The first kappa shape index (κ1) is 21.0. The second kappa shape index (κ2) is 7.86. The van der Waals surface area contributed by atoms with Gasteiger partial charge in [0.05, 0.1) is 11.9 Å². The van der Waals surface area contributed by atoms with Gasteiger partial charge in [0.2, 0.25) is 15.9 Å². The Bertz CT molecular complexity index is 725. The van der Waals surface area contributed by atoms with Crippen LogP contribution in [0.4, 0.5) is 5.69 Å². The summed E-state index contributed by atoms with van der Waals surface area (Å²) in [6.45, 7) is 5.37. The van der Waals surface area contributed by atoms with Crippen molar-refractivity contribution in [3.05, 3.63) is 29.8 Å². The molecule has 8 heteroatoms. The maximum atomic E-state index is 12.2. The predicted octanol–water partition coefficient (Wildman–Crippen LogP) is 1.46. The van der Waals surface area contributed by atoms with Gasteiger partial charge in [-0.1, -0.05) is 6.92 Å². The Hall–Kier alpha value is -2.09. The lowest BCUT2D eigenvalue weighted by atomic mass is 10.0. The average Bonchev–Trinajstić information content (AvgIpc) is 2.50. The number of rotatable bonds is 7. The first-order valence-corrected chi connectivity index (χ1v) is 9.82. The summed E-state index contributed by atoms with van der Waals surface area (Å²) in [5.41, 5.74) is 0.364. The van der Waals surface area contributed by atoms with Crippen molar-refractivity contribution in [2.75, 3.05) is 31.2 Å². The Morgan fingerprint density at radius 1 is 1.12 bits per heavy atom. The van der Waals surface area contributed by atoms with E-state index in [1.54, 1.807) is 26.2 Å². The van der Waals surface area contributed by atoms with Crippen LogP contribution in [0.2, 0.25) is 0 Å². The van der Waals surface area contributed by atoms with Crippen LogP contribution in [0.5, 0.6) is 0 Å². The highest BCUT2D eigenvalue weighted by atomic mass is 32.2.